The second-order valence-corrected chi connectivity index (χ2v) is 6.19. The number of anilines is 1. The van der Waals surface area contributed by atoms with Gasteiger partial charge in [0.2, 0.25) is 5.91 Å². The minimum Gasteiger partial charge on any atom is -0.327 e. The maximum atomic E-state index is 12.1. The Hall–Kier alpha value is -1.35. The van der Waals surface area contributed by atoms with E-state index in [4.69, 9.17) is 5.73 Å². The summed E-state index contributed by atoms with van der Waals surface area (Å²) in [6.45, 7) is 10.3. The molecule has 1 aromatic carbocycles. The fourth-order valence-electron chi connectivity index (χ4n) is 1.90. The highest BCUT2D eigenvalue weighted by atomic mass is 16.1. The Kier molecular flexibility index (Phi) is 5.12. The first kappa shape index (κ1) is 15.7. The van der Waals surface area contributed by atoms with Gasteiger partial charge in [0.15, 0.2) is 0 Å². The third kappa shape index (κ3) is 4.35. The first-order valence-corrected chi connectivity index (χ1v) is 6.89. The van der Waals surface area contributed by atoms with Crippen molar-refractivity contribution in [2.75, 3.05) is 5.32 Å². The molecule has 3 heteroatoms. The SMILES string of the molecule is CCc1cccc(C)c1NC(=O)CC(N)C(C)(C)C. The van der Waals surface area contributed by atoms with Gasteiger partial charge >= 0.3 is 0 Å². The van der Waals surface area contributed by atoms with Gasteiger partial charge in [0.1, 0.15) is 0 Å². The van der Waals surface area contributed by atoms with Crippen LogP contribution in [0.25, 0.3) is 0 Å². The predicted octanol–water partition coefficient (Wildman–Crippen LogP) is 3.26. The van der Waals surface area contributed by atoms with Crippen LogP contribution in [0.15, 0.2) is 18.2 Å². The van der Waals surface area contributed by atoms with Crippen LogP contribution in [0, 0.1) is 12.3 Å². The standard InChI is InChI=1S/C16H26N2O/c1-6-12-9-7-8-11(2)15(12)18-14(19)10-13(17)16(3,4)5/h7-9,13H,6,10,17H2,1-5H3,(H,18,19). The van der Waals surface area contributed by atoms with Gasteiger partial charge in [0.05, 0.1) is 0 Å². The molecule has 0 saturated heterocycles. The molecular formula is C16H26N2O. The molecule has 0 saturated carbocycles. The lowest BCUT2D eigenvalue weighted by Crippen LogP contribution is -2.38. The number of nitrogens with one attached hydrogen (secondary N) is 1. The molecule has 0 aliphatic rings. The third-order valence-corrected chi connectivity index (χ3v) is 3.52. The molecule has 1 aromatic rings. The summed E-state index contributed by atoms with van der Waals surface area (Å²) in [4.78, 5) is 12.1. The summed E-state index contributed by atoms with van der Waals surface area (Å²) in [5.41, 5.74) is 9.19. The highest BCUT2D eigenvalue weighted by Gasteiger charge is 2.23. The first-order valence-electron chi connectivity index (χ1n) is 6.89. The van der Waals surface area contributed by atoms with Crippen molar-refractivity contribution < 1.29 is 4.79 Å². The van der Waals surface area contributed by atoms with Gasteiger partial charge in [-0.3, -0.25) is 4.79 Å². The molecule has 0 spiro atoms. The lowest BCUT2D eigenvalue weighted by Gasteiger charge is -2.26. The number of carbonyl (C=O) groups excluding carboxylic acids is 1. The van der Waals surface area contributed by atoms with Crippen LogP contribution >= 0.6 is 0 Å². The van der Waals surface area contributed by atoms with Crippen molar-refractivity contribution in [2.45, 2.75) is 53.5 Å². The second-order valence-electron chi connectivity index (χ2n) is 6.19. The number of nitrogens with two attached hydrogens (primary N) is 1. The number of para-hydroxylation sites is 1. The fourth-order valence-corrected chi connectivity index (χ4v) is 1.90. The van der Waals surface area contributed by atoms with E-state index in [0.717, 1.165) is 23.2 Å². The Balaban J connectivity index is 2.78. The number of carbonyl (C=O) groups is 1. The van der Waals surface area contributed by atoms with Crippen molar-refractivity contribution >= 4 is 11.6 Å². The van der Waals surface area contributed by atoms with Crippen LogP contribution in [0.5, 0.6) is 0 Å². The summed E-state index contributed by atoms with van der Waals surface area (Å²) >= 11 is 0. The molecule has 0 aliphatic heterocycles. The number of hydrogen-bond donors (Lipinski definition) is 2. The number of benzene rings is 1. The fraction of sp³-hybridized carbons (Fsp3) is 0.562. The summed E-state index contributed by atoms with van der Waals surface area (Å²) in [5.74, 6) is -0.00794. The number of amides is 1. The van der Waals surface area contributed by atoms with Crippen molar-refractivity contribution in [3.63, 3.8) is 0 Å². The zero-order valence-corrected chi connectivity index (χ0v) is 12.7. The van der Waals surface area contributed by atoms with E-state index in [2.05, 4.69) is 33.0 Å². The summed E-state index contributed by atoms with van der Waals surface area (Å²) in [5, 5.41) is 3.01. The van der Waals surface area contributed by atoms with Crippen LogP contribution in [0.4, 0.5) is 5.69 Å². The van der Waals surface area contributed by atoms with E-state index in [-0.39, 0.29) is 17.4 Å². The monoisotopic (exact) mass is 262 g/mol. The van der Waals surface area contributed by atoms with Crippen molar-refractivity contribution in [3.05, 3.63) is 29.3 Å². The molecule has 1 atom stereocenters. The first-order chi connectivity index (χ1) is 8.75. The quantitative estimate of drug-likeness (QED) is 0.875. The van der Waals surface area contributed by atoms with Gasteiger partial charge < -0.3 is 11.1 Å². The zero-order chi connectivity index (χ0) is 14.6. The minimum atomic E-state index is -0.137. The second kappa shape index (κ2) is 6.20. The molecule has 1 amide bonds. The highest BCUT2D eigenvalue weighted by Crippen LogP contribution is 2.23. The maximum absolute atomic E-state index is 12.1. The normalized spacial score (nSPS) is 13.2. The van der Waals surface area contributed by atoms with Crippen LogP contribution < -0.4 is 11.1 Å². The molecule has 106 valence electrons. The van der Waals surface area contributed by atoms with E-state index < -0.39 is 0 Å². The Morgan fingerprint density at radius 2 is 2.00 bits per heavy atom. The molecule has 0 aromatic heterocycles. The Morgan fingerprint density at radius 3 is 2.53 bits per heavy atom. The molecule has 0 fully saturated rings. The van der Waals surface area contributed by atoms with Crippen molar-refractivity contribution in [3.8, 4) is 0 Å². The van der Waals surface area contributed by atoms with Crippen LogP contribution in [-0.4, -0.2) is 11.9 Å². The Morgan fingerprint density at radius 1 is 1.37 bits per heavy atom. The van der Waals surface area contributed by atoms with E-state index in [1.165, 1.54) is 0 Å². The van der Waals surface area contributed by atoms with Gasteiger partial charge in [-0.2, -0.15) is 0 Å². The van der Waals surface area contributed by atoms with Gasteiger partial charge in [-0.05, 0) is 29.9 Å². The van der Waals surface area contributed by atoms with E-state index in [0.29, 0.717) is 6.42 Å². The largest absolute Gasteiger partial charge is 0.327 e. The molecule has 0 heterocycles. The van der Waals surface area contributed by atoms with Crippen LogP contribution in [0.3, 0.4) is 0 Å². The average Bonchev–Trinajstić information content (AvgIpc) is 2.30. The van der Waals surface area contributed by atoms with Crippen LogP contribution in [0.1, 0.15) is 45.2 Å². The lowest BCUT2D eigenvalue weighted by molar-refractivity contribution is -0.117. The van der Waals surface area contributed by atoms with Crippen LogP contribution in [-0.2, 0) is 11.2 Å². The van der Waals surface area contributed by atoms with Crippen molar-refractivity contribution in [2.24, 2.45) is 11.1 Å². The predicted molar refractivity (Wildman–Crippen MR) is 81.2 cm³/mol. The van der Waals surface area contributed by atoms with Crippen LogP contribution in [0.2, 0.25) is 0 Å². The maximum Gasteiger partial charge on any atom is 0.225 e. The molecule has 1 rings (SSSR count). The molecule has 0 bridgehead atoms. The highest BCUT2D eigenvalue weighted by molar-refractivity contribution is 5.92. The van der Waals surface area contributed by atoms with E-state index in [1.54, 1.807) is 0 Å². The van der Waals surface area contributed by atoms with E-state index in [9.17, 15) is 4.79 Å². The zero-order valence-electron chi connectivity index (χ0n) is 12.7. The molecule has 1 unspecified atom stereocenters. The smallest absolute Gasteiger partial charge is 0.225 e. The van der Waals surface area contributed by atoms with E-state index >= 15 is 0 Å². The summed E-state index contributed by atoms with van der Waals surface area (Å²) in [6, 6.07) is 5.94. The Bertz CT molecular complexity index is 447. The molecule has 19 heavy (non-hydrogen) atoms. The summed E-state index contributed by atoms with van der Waals surface area (Å²) < 4.78 is 0. The number of rotatable bonds is 4. The van der Waals surface area contributed by atoms with Crippen molar-refractivity contribution in [1.29, 1.82) is 0 Å². The summed E-state index contributed by atoms with van der Waals surface area (Å²) in [7, 11) is 0. The topological polar surface area (TPSA) is 55.1 Å². The average molecular weight is 262 g/mol. The minimum absolute atomic E-state index is 0.00794. The molecule has 3 N–H and O–H groups in total. The van der Waals surface area contributed by atoms with Gasteiger partial charge in [0, 0.05) is 18.2 Å². The summed E-state index contributed by atoms with van der Waals surface area (Å²) in [6.07, 6.45) is 1.25. The van der Waals surface area contributed by atoms with Gasteiger partial charge in [-0.15, -0.1) is 0 Å². The number of aryl methyl sites for hydroxylation is 2. The molecule has 0 aliphatic carbocycles. The molecule has 3 nitrogen and oxygen atoms in total. The molecule has 0 radical (unpaired) electrons. The lowest BCUT2D eigenvalue weighted by atomic mass is 9.85. The van der Waals surface area contributed by atoms with E-state index in [1.807, 2.05) is 25.1 Å². The van der Waals surface area contributed by atoms with Crippen molar-refractivity contribution in [1.82, 2.24) is 0 Å². The molecular weight excluding hydrogens is 236 g/mol. The van der Waals surface area contributed by atoms with Gasteiger partial charge in [0.25, 0.3) is 0 Å². The number of hydrogen-bond acceptors (Lipinski definition) is 2. The Labute approximate surface area is 116 Å². The van der Waals surface area contributed by atoms with Gasteiger partial charge in [-0.1, -0.05) is 45.9 Å². The third-order valence-electron chi connectivity index (χ3n) is 3.52. The van der Waals surface area contributed by atoms with Gasteiger partial charge in [-0.25, -0.2) is 0 Å².